The number of benzene rings is 4. The molecule has 4 aromatic carbocycles. The molecule has 248 valence electrons. The van der Waals surface area contributed by atoms with Crippen LogP contribution in [0.5, 0.6) is 5.75 Å². The number of halogens is 2. The van der Waals surface area contributed by atoms with Crippen LogP contribution in [-0.2, 0) is 32.6 Å². The molecule has 1 atom stereocenters. The summed E-state index contributed by atoms with van der Waals surface area (Å²) in [5.74, 6) is -1.15. The largest absolute Gasteiger partial charge is 0.494 e. The molecule has 0 aliphatic carbocycles. The summed E-state index contributed by atoms with van der Waals surface area (Å²) in [6.45, 7) is 6.81. The summed E-state index contributed by atoms with van der Waals surface area (Å²) in [6.07, 6.45) is 0.117. The first-order valence-electron chi connectivity index (χ1n) is 15.2. The van der Waals surface area contributed by atoms with Crippen molar-refractivity contribution in [2.45, 2.75) is 57.1 Å². The van der Waals surface area contributed by atoms with Crippen LogP contribution in [0, 0.1) is 5.82 Å². The van der Waals surface area contributed by atoms with E-state index in [9.17, 15) is 18.0 Å². The van der Waals surface area contributed by atoms with Crippen molar-refractivity contribution >= 4 is 43.5 Å². The van der Waals surface area contributed by atoms with Crippen molar-refractivity contribution in [1.82, 2.24) is 10.2 Å². The lowest BCUT2D eigenvalue weighted by Crippen LogP contribution is -2.56. The third kappa shape index (κ3) is 9.65. The Hall–Kier alpha value is -4.22. The molecule has 0 aliphatic heterocycles. The van der Waals surface area contributed by atoms with E-state index in [0.717, 1.165) is 9.87 Å². The number of carbonyl (C=O) groups is 2. The van der Waals surface area contributed by atoms with Gasteiger partial charge in [0.2, 0.25) is 11.8 Å². The van der Waals surface area contributed by atoms with Gasteiger partial charge >= 0.3 is 0 Å². The molecule has 0 radical (unpaired) electrons. The second-order valence-corrected chi connectivity index (χ2v) is 14.7. The van der Waals surface area contributed by atoms with Crippen LogP contribution >= 0.6 is 15.9 Å². The van der Waals surface area contributed by atoms with Crippen molar-refractivity contribution in [3.63, 3.8) is 0 Å². The molecule has 0 fully saturated rings. The van der Waals surface area contributed by atoms with Crippen molar-refractivity contribution in [2.24, 2.45) is 0 Å². The van der Waals surface area contributed by atoms with Crippen LogP contribution in [-0.4, -0.2) is 49.9 Å². The van der Waals surface area contributed by atoms with Crippen molar-refractivity contribution in [1.29, 1.82) is 0 Å². The summed E-state index contributed by atoms with van der Waals surface area (Å²) < 4.78 is 50.7. The fraction of sp³-hybridized carbons (Fsp3) is 0.278. The van der Waals surface area contributed by atoms with Gasteiger partial charge in [-0.3, -0.25) is 13.9 Å². The Bertz CT molecular complexity index is 1760. The molecule has 0 unspecified atom stereocenters. The second kappa shape index (κ2) is 15.6. The molecule has 0 aliphatic rings. The summed E-state index contributed by atoms with van der Waals surface area (Å²) in [6, 6.07) is 26.5. The van der Waals surface area contributed by atoms with E-state index in [1.165, 1.54) is 29.2 Å². The van der Waals surface area contributed by atoms with Crippen molar-refractivity contribution in [2.75, 3.05) is 17.5 Å². The molecule has 0 saturated carbocycles. The highest BCUT2D eigenvalue weighted by molar-refractivity contribution is 9.10. The normalized spacial score (nSPS) is 12.2. The fourth-order valence-electron chi connectivity index (χ4n) is 4.95. The number of nitrogens with zero attached hydrogens (tertiary/aromatic N) is 2. The Balaban J connectivity index is 1.82. The van der Waals surface area contributed by atoms with E-state index in [1.54, 1.807) is 48.5 Å². The van der Waals surface area contributed by atoms with E-state index in [4.69, 9.17) is 4.74 Å². The van der Waals surface area contributed by atoms with E-state index < -0.39 is 45.8 Å². The predicted octanol–water partition coefficient (Wildman–Crippen LogP) is 6.74. The number of carbonyl (C=O) groups excluding carboxylic acids is 2. The van der Waals surface area contributed by atoms with Crippen molar-refractivity contribution in [3.8, 4) is 5.75 Å². The molecular weight excluding hydrogens is 685 g/mol. The number of hydrogen-bond acceptors (Lipinski definition) is 5. The topological polar surface area (TPSA) is 96.0 Å². The fourth-order valence-corrected chi connectivity index (χ4v) is 6.63. The maximum Gasteiger partial charge on any atom is 0.264 e. The van der Waals surface area contributed by atoms with Crippen LogP contribution in [0.15, 0.2) is 112 Å². The number of sulfonamides is 1. The molecule has 47 heavy (non-hydrogen) atoms. The quantitative estimate of drug-likeness (QED) is 0.165. The number of amides is 2. The standard InChI is InChI=1S/C36H39BrFN3O5S/c1-5-46-30-19-17-29(18-20-30)41(47(44,45)31-21-15-28(37)16-22-31)25-34(42)40(24-27-13-9-10-14-32(27)38)33(35(43)39-36(2,3)4)23-26-11-7-6-8-12-26/h6-22,33H,5,23-25H2,1-4H3,(H,39,43)/t33-/m0/s1. The summed E-state index contributed by atoms with van der Waals surface area (Å²) in [5, 5.41) is 2.96. The van der Waals surface area contributed by atoms with Crippen LogP contribution < -0.4 is 14.4 Å². The second-order valence-electron chi connectivity index (χ2n) is 12.0. The van der Waals surface area contributed by atoms with E-state index in [1.807, 2.05) is 58.0 Å². The minimum absolute atomic E-state index is 0.0330. The zero-order chi connectivity index (χ0) is 34.2. The van der Waals surface area contributed by atoms with Gasteiger partial charge in [-0.25, -0.2) is 12.8 Å². The maximum atomic E-state index is 15.1. The molecule has 0 bridgehead atoms. The van der Waals surface area contributed by atoms with Crippen LogP contribution in [0.2, 0.25) is 0 Å². The van der Waals surface area contributed by atoms with Crippen molar-refractivity contribution in [3.05, 3.63) is 125 Å². The molecule has 1 N–H and O–H groups in total. The molecule has 0 saturated heterocycles. The van der Waals surface area contributed by atoms with Crippen LogP contribution in [0.3, 0.4) is 0 Å². The number of anilines is 1. The van der Waals surface area contributed by atoms with E-state index in [0.29, 0.717) is 16.8 Å². The first-order chi connectivity index (χ1) is 22.3. The summed E-state index contributed by atoms with van der Waals surface area (Å²) in [4.78, 5) is 29.7. The number of rotatable bonds is 13. The third-order valence-corrected chi connectivity index (χ3v) is 9.50. The zero-order valence-electron chi connectivity index (χ0n) is 26.8. The number of nitrogens with one attached hydrogen (secondary N) is 1. The third-order valence-electron chi connectivity index (χ3n) is 7.18. The molecule has 0 heterocycles. The average Bonchev–Trinajstić information content (AvgIpc) is 3.02. The Morgan fingerprint density at radius 2 is 1.51 bits per heavy atom. The van der Waals surface area contributed by atoms with Gasteiger partial charge in [-0.15, -0.1) is 0 Å². The van der Waals surface area contributed by atoms with Crippen LogP contribution in [0.1, 0.15) is 38.8 Å². The van der Waals surface area contributed by atoms with Gasteiger partial charge in [0.25, 0.3) is 10.0 Å². The highest BCUT2D eigenvalue weighted by Crippen LogP contribution is 2.28. The van der Waals surface area contributed by atoms with Crippen LogP contribution in [0.25, 0.3) is 0 Å². The first kappa shape index (κ1) is 35.6. The van der Waals surface area contributed by atoms with Gasteiger partial charge in [0.1, 0.15) is 24.2 Å². The molecule has 0 spiro atoms. The zero-order valence-corrected chi connectivity index (χ0v) is 29.2. The van der Waals surface area contributed by atoms with Gasteiger partial charge in [0.15, 0.2) is 0 Å². The molecule has 2 amide bonds. The molecular formula is C36H39BrFN3O5S. The molecule has 8 nitrogen and oxygen atoms in total. The van der Waals surface area contributed by atoms with Crippen LogP contribution in [0.4, 0.5) is 10.1 Å². The molecule has 4 aromatic rings. The highest BCUT2D eigenvalue weighted by Gasteiger charge is 2.36. The van der Waals surface area contributed by atoms with E-state index in [-0.39, 0.29) is 29.1 Å². The van der Waals surface area contributed by atoms with Gasteiger partial charge in [0.05, 0.1) is 17.2 Å². The van der Waals surface area contributed by atoms with Gasteiger partial charge in [-0.2, -0.15) is 0 Å². The Kier molecular flexibility index (Phi) is 11.8. The Labute approximate surface area is 284 Å². The summed E-state index contributed by atoms with van der Waals surface area (Å²) in [5.41, 5.74) is 0.539. The number of ether oxygens (including phenoxy) is 1. The number of hydrogen-bond donors (Lipinski definition) is 1. The summed E-state index contributed by atoms with van der Waals surface area (Å²) in [7, 11) is -4.29. The molecule has 4 rings (SSSR count). The monoisotopic (exact) mass is 723 g/mol. The minimum atomic E-state index is -4.29. The van der Waals surface area contributed by atoms with Gasteiger partial charge in [0, 0.05) is 28.5 Å². The lowest BCUT2D eigenvalue weighted by atomic mass is 10.0. The predicted molar refractivity (Wildman–Crippen MR) is 185 cm³/mol. The Morgan fingerprint density at radius 1 is 0.894 bits per heavy atom. The lowest BCUT2D eigenvalue weighted by molar-refractivity contribution is -0.140. The molecule has 11 heteroatoms. The van der Waals surface area contributed by atoms with Gasteiger partial charge in [-0.1, -0.05) is 64.5 Å². The average molecular weight is 725 g/mol. The van der Waals surface area contributed by atoms with E-state index in [2.05, 4.69) is 21.2 Å². The van der Waals surface area contributed by atoms with Crippen molar-refractivity contribution < 1.29 is 27.1 Å². The Morgan fingerprint density at radius 3 is 2.11 bits per heavy atom. The highest BCUT2D eigenvalue weighted by atomic mass is 79.9. The SMILES string of the molecule is CCOc1ccc(N(CC(=O)N(Cc2ccccc2F)[C@@H](Cc2ccccc2)C(=O)NC(C)(C)C)S(=O)(=O)c2ccc(Br)cc2)cc1. The van der Waals surface area contributed by atoms with E-state index >= 15 is 4.39 Å². The summed E-state index contributed by atoms with van der Waals surface area (Å²) >= 11 is 3.34. The first-order valence-corrected chi connectivity index (χ1v) is 17.4. The van der Waals surface area contributed by atoms with Gasteiger partial charge < -0.3 is 15.0 Å². The smallest absolute Gasteiger partial charge is 0.264 e. The van der Waals surface area contributed by atoms with Gasteiger partial charge in [-0.05, 0) is 87.9 Å². The lowest BCUT2D eigenvalue weighted by Gasteiger charge is -2.35. The maximum absolute atomic E-state index is 15.1. The molecule has 0 aromatic heterocycles. The minimum Gasteiger partial charge on any atom is -0.494 e.